The van der Waals surface area contributed by atoms with E-state index in [1.165, 1.54) is 12.2 Å². The molecule has 0 saturated heterocycles. The Labute approximate surface area is 167 Å². The second-order valence-electron chi connectivity index (χ2n) is 7.31. The van der Waals surface area contributed by atoms with Gasteiger partial charge in [-0.2, -0.15) is 0 Å². The summed E-state index contributed by atoms with van der Waals surface area (Å²) in [5.74, 6) is 0.126. The molecular weight excluding hydrogens is 374 g/mol. The molecule has 0 aromatic heterocycles. The van der Waals surface area contributed by atoms with Crippen LogP contribution in [0.1, 0.15) is 36.7 Å². The molecule has 0 spiro atoms. The van der Waals surface area contributed by atoms with E-state index in [1.54, 1.807) is 0 Å². The zero-order valence-electron chi connectivity index (χ0n) is 16.6. The van der Waals surface area contributed by atoms with Crippen molar-refractivity contribution < 1.29 is 13.2 Å². The lowest BCUT2D eigenvalue weighted by molar-refractivity contribution is 0.0937. The Bertz CT molecular complexity index is 957. The molecule has 1 aromatic rings. The molecule has 2 N–H and O–H groups in total. The fourth-order valence-electron chi connectivity index (χ4n) is 2.85. The number of hydrogen-bond acceptors (Lipinski definition) is 4. The average Bonchev–Trinajstić information content (AvgIpc) is 2.93. The molecule has 0 radical (unpaired) electrons. The smallest absolute Gasteiger partial charge is 0.263 e. The van der Waals surface area contributed by atoms with Crippen LogP contribution < -0.4 is 10.0 Å². The van der Waals surface area contributed by atoms with Crippen LogP contribution in [-0.2, 0) is 16.4 Å². The molecule has 2 rings (SSSR count). The maximum Gasteiger partial charge on any atom is 0.263 e. The highest BCUT2D eigenvalue weighted by Crippen LogP contribution is 2.23. The fraction of sp³-hybridized carbons (Fsp3) is 0.333. The van der Waals surface area contributed by atoms with E-state index >= 15 is 0 Å². The van der Waals surface area contributed by atoms with Gasteiger partial charge in [0.25, 0.3) is 15.9 Å². The Kier molecular flexibility index (Phi) is 6.61. The maximum absolute atomic E-state index is 12.5. The molecule has 0 atom stereocenters. The Morgan fingerprint density at radius 2 is 1.93 bits per heavy atom. The largest absolute Gasteiger partial charge is 0.351 e. The van der Waals surface area contributed by atoms with Crippen LogP contribution in [0, 0.1) is 5.41 Å². The lowest BCUT2D eigenvalue weighted by Crippen LogP contribution is -2.36. The number of carbonyl (C=O) groups excluding carboxylic acids is 1. The van der Waals surface area contributed by atoms with Crippen molar-refractivity contribution in [2.24, 2.45) is 10.4 Å². The van der Waals surface area contributed by atoms with E-state index in [0.29, 0.717) is 24.2 Å². The molecular formula is C21H27N3O3S. The van der Waals surface area contributed by atoms with Crippen molar-refractivity contribution in [3.63, 3.8) is 0 Å². The zero-order valence-corrected chi connectivity index (χ0v) is 17.4. The highest BCUT2D eigenvalue weighted by Gasteiger charge is 2.31. The van der Waals surface area contributed by atoms with Gasteiger partial charge in [-0.25, -0.2) is 8.42 Å². The van der Waals surface area contributed by atoms with Gasteiger partial charge in [0.05, 0.1) is 4.91 Å². The minimum Gasteiger partial charge on any atom is -0.351 e. The minimum absolute atomic E-state index is 0.0727. The molecule has 1 heterocycles. The van der Waals surface area contributed by atoms with E-state index in [9.17, 15) is 13.2 Å². The molecule has 0 fully saturated rings. The SMILES string of the molecule is C=CC1=C(C=C)S(=O)(=O)NC1=NCC(C)(C)CNC(=O)c1ccccc1CC. The number of aliphatic imine (C=N–C) groups is 1. The van der Waals surface area contributed by atoms with E-state index in [0.717, 1.165) is 12.0 Å². The number of nitrogens with one attached hydrogen (secondary N) is 2. The molecule has 1 aliphatic rings. The van der Waals surface area contributed by atoms with Gasteiger partial charge in [-0.15, -0.1) is 0 Å². The van der Waals surface area contributed by atoms with E-state index in [-0.39, 0.29) is 22.1 Å². The first-order valence-electron chi connectivity index (χ1n) is 9.08. The van der Waals surface area contributed by atoms with Crippen LogP contribution >= 0.6 is 0 Å². The van der Waals surface area contributed by atoms with Crippen molar-refractivity contribution in [2.45, 2.75) is 27.2 Å². The van der Waals surface area contributed by atoms with Crippen LogP contribution in [0.25, 0.3) is 0 Å². The quantitative estimate of drug-likeness (QED) is 0.702. The van der Waals surface area contributed by atoms with Gasteiger partial charge in [0, 0.05) is 29.6 Å². The van der Waals surface area contributed by atoms with Gasteiger partial charge in [-0.1, -0.05) is 58.2 Å². The summed E-state index contributed by atoms with van der Waals surface area (Å²) in [5, 5.41) is 2.96. The average molecular weight is 402 g/mol. The van der Waals surface area contributed by atoms with Crippen LogP contribution in [0.5, 0.6) is 0 Å². The van der Waals surface area contributed by atoms with E-state index in [2.05, 4.69) is 28.2 Å². The number of amidine groups is 1. The Balaban J connectivity index is 2.09. The number of carbonyl (C=O) groups is 1. The van der Waals surface area contributed by atoms with Gasteiger partial charge in [0.1, 0.15) is 5.84 Å². The third-order valence-electron chi connectivity index (χ3n) is 4.47. The summed E-state index contributed by atoms with van der Waals surface area (Å²) in [6, 6.07) is 7.52. The highest BCUT2D eigenvalue weighted by molar-refractivity contribution is 7.94. The van der Waals surface area contributed by atoms with Crippen LogP contribution in [0.2, 0.25) is 0 Å². The minimum atomic E-state index is -3.64. The molecule has 150 valence electrons. The first-order valence-corrected chi connectivity index (χ1v) is 10.6. The number of amides is 1. The summed E-state index contributed by atoms with van der Waals surface area (Å²) in [6.07, 6.45) is 3.51. The summed E-state index contributed by atoms with van der Waals surface area (Å²) in [6.45, 7) is 13.9. The maximum atomic E-state index is 12.5. The third kappa shape index (κ3) is 4.78. The molecule has 0 saturated carbocycles. The van der Waals surface area contributed by atoms with E-state index in [1.807, 2.05) is 45.0 Å². The monoisotopic (exact) mass is 401 g/mol. The molecule has 0 bridgehead atoms. The molecule has 6 nitrogen and oxygen atoms in total. The lowest BCUT2D eigenvalue weighted by Gasteiger charge is -2.23. The molecule has 0 aliphatic carbocycles. The van der Waals surface area contributed by atoms with Gasteiger partial charge >= 0.3 is 0 Å². The van der Waals surface area contributed by atoms with Crippen molar-refractivity contribution in [1.82, 2.24) is 10.0 Å². The van der Waals surface area contributed by atoms with Crippen molar-refractivity contribution in [3.8, 4) is 0 Å². The summed E-state index contributed by atoms with van der Waals surface area (Å²) >= 11 is 0. The standard InChI is InChI=1S/C21H27N3O3S/c1-6-15-11-9-10-12-17(15)20(25)23-14-21(4,5)13-22-19-16(7-2)18(8-3)28(26,27)24-19/h7-12H,2-3,6,13-14H2,1,4-5H3,(H,22,24)(H,23,25). The molecule has 1 aliphatic heterocycles. The van der Waals surface area contributed by atoms with E-state index < -0.39 is 10.0 Å². The summed E-state index contributed by atoms with van der Waals surface area (Å²) in [7, 11) is -3.64. The molecule has 7 heteroatoms. The van der Waals surface area contributed by atoms with Crippen LogP contribution in [0.3, 0.4) is 0 Å². The van der Waals surface area contributed by atoms with Gasteiger partial charge in [-0.05, 0) is 24.1 Å². The summed E-state index contributed by atoms with van der Waals surface area (Å²) in [5.41, 5.74) is 1.70. The molecule has 1 aromatic carbocycles. The van der Waals surface area contributed by atoms with Gasteiger partial charge in [-0.3, -0.25) is 14.5 Å². The normalized spacial score (nSPS) is 17.3. The van der Waals surface area contributed by atoms with Crippen molar-refractivity contribution in [3.05, 3.63) is 71.2 Å². The van der Waals surface area contributed by atoms with Gasteiger partial charge in [0.2, 0.25) is 0 Å². The number of benzene rings is 1. The Morgan fingerprint density at radius 3 is 2.54 bits per heavy atom. The summed E-state index contributed by atoms with van der Waals surface area (Å²) < 4.78 is 26.6. The van der Waals surface area contributed by atoms with Gasteiger partial charge in [0.15, 0.2) is 0 Å². The van der Waals surface area contributed by atoms with E-state index in [4.69, 9.17) is 0 Å². The lowest BCUT2D eigenvalue weighted by atomic mass is 9.93. The fourth-order valence-corrected chi connectivity index (χ4v) is 4.07. The summed E-state index contributed by atoms with van der Waals surface area (Å²) in [4.78, 5) is 17.0. The van der Waals surface area contributed by atoms with Gasteiger partial charge < -0.3 is 5.32 Å². The second-order valence-corrected chi connectivity index (χ2v) is 8.96. The molecule has 1 amide bonds. The molecule has 0 unspecified atom stereocenters. The number of rotatable bonds is 8. The van der Waals surface area contributed by atoms with Crippen molar-refractivity contribution >= 4 is 21.8 Å². The number of allylic oxidation sites excluding steroid dienone is 1. The van der Waals surface area contributed by atoms with Crippen LogP contribution in [-0.4, -0.2) is 33.3 Å². The second kappa shape index (κ2) is 8.56. The Hall–Kier alpha value is -2.67. The first kappa shape index (κ1) is 21.6. The predicted molar refractivity (Wildman–Crippen MR) is 114 cm³/mol. The topological polar surface area (TPSA) is 87.6 Å². The molecule has 28 heavy (non-hydrogen) atoms. The predicted octanol–water partition coefficient (Wildman–Crippen LogP) is 2.96. The number of sulfonamides is 1. The number of aryl methyl sites for hydroxylation is 1. The van der Waals surface area contributed by atoms with Crippen molar-refractivity contribution in [2.75, 3.05) is 13.1 Å². The highest BCUT2D eigenvalue weighted by atomic mass is 32.2. The van der Waals surface area contributed by atoms with Crippen LogP contribution in [0.15, 0.2) is 65.0 Å². The Morgan fingerprint density at radius 1 is 1.25 bits per heavy atom. The first-order chi connectivity index (χ1) is 13.1. The van der Waals surface area contributed by atoms with Crippen LogP contribution in [0.4, 0.5) is 0 Å². The zero-order chi connectivity index (χ0) is 20.9. The number of hydrogen-bond donors (Lipinski definition) is 2. The number of nitrogens with zero attached hydrogens (tertiary/aromatic N) is 1. The van der Waals surface area contributed by atoms with Crippen molar-refractivity contribution in [1.29, 1.82) is 0 Å². The third-order valence-corrected chi connectivity index (χ3v) is 5.89.